The number of rotatable bonds is 12. The van der Waals surface area contributed by atoms with Crippen LogP contribution in [0.3, 0.4) is 0 Å². The molecule has 0 spiro atoms. The first-order valence-electron chi connectivity index (χ1n) is 26.5. The molecule has 2 heteroatoms. The normalized spacial score (nSPS) is 15.0. The number of hydrogen-bond acceptors (Lipinski definition) is 2. The summed E-state index contributed by atoms with van der Waals surface area (Å²) in [6, 6.07) is 78.2. The van der Waals surface area contributed by atoms with Crippen LogP contribution >= 0.6 is 0 Å². The van der Waals surface area contributed by atoms with Crippen molar-refractivity contribution in [3.8, 4) is 11.1 Å². The number of nitrogens with zero attached hydrogens (tertiary/aromatic N) is 2. The topological polar surface area (TPSA) is 6.48 Å². The SMILES string of the molecule is C/C(=C/C12C=CC(N(C)c3ccc(C)cc3)=CC1C2)c1ccccc1.C=C/C=C(\C=C/C)C(=C)c1ccccc1.Cc1ccc(-c2ccc(Cc3ccccc3)cc2)cc1.Cc1ccc(N(C)C)cc1.c1ccccc1. The fourth-order valence-electron chi connectivity index (χ4n) is 8.76. The molecule has 2 nitrogen and oxygen atoms in total. The van der Waals surface area contributed by atoms with Gasteiger partial charge in [0.15, 0.2) is 0 Å². The summed E-state index contributed by atoms with van der Waals surface area (Å²) in [7, 11) is 6.25. The fraction of sp³-hybridized carbons (Fsp3) is 0.162. The van der Waals surface area contributed by atoms with Gasteiger partial charge in [-0.05, 0) is 134 Å². The van der Waals surface area contributed by atoms with Crippen LogP contribution in [0.25, 0.3) is 22.3 Å². The highest BCUT2D eigenvalue weighted by molar-refractivity contribution is 5.80. The van der Waals surface area contributed by atoms with E-state index in [2.05, 4.69) is 252 Å². The minimum atomic E-state index is 0.234. The molecule has 0 aromatic heterocycles. The van der Waals surface area contributed by atoms with Crippen molar-refractivity contribution in [1.29, 1.82) is 0 Å². The van der Waals surface area contributed by atoms with E-state index in [4.69, 9.17) is 0 Å². The second kappa shape index (κ2) is 29.4. The molecule has 2 atom stereocenters. The van der Waals surface area contributed by atoms with Crippen LogP contribution in [0.15, 0.2) is 297 Å². The van der Waals surface area contributed by atoms with Gasteiger partial charge in [-0.2, -0.15) is 0 Å². The molecule has 0 radical (unpaired) electrons. The molecule has 8 aromatic carbocycles. The van der Waals surface area contributed by atoms with Crippen LogP contribution in [-0.2, 0) is 6.42 Å². The third kappa shape index (κ3) is 17.9. The lowest BCUT2D eigenvalue weighted by atomic mass is 9.93. The van der Waals surface area contributed by atoms with Crippen molar-refractivity contribution in [2.24, 2.45) is 11.3 Å². The monoisotopic (exact) mass is 995 g/mol. The molecule has 2 aliphatic carbocycles. The van der Waals surface area contributed by atoms with E-state index in [0.29, 0.717) is 5.92 Å². The summed E-state index contributed by atoms with van der Waals surface area (Å²) in [5.41, 5.74) is 19.2. The molecule has 76 heavy (non-hydrogen) atoms. The van der Waals surface area contributed by atoms with Gasteiger partial charge in [0.2, 0.25) is 0 Å². The molecule has 8 aromatic rings. The minimum absolute atomic E-state index is 0.234. The molecule has 0 amide bonds. The lowest BCUT2D eigenvalue weighted by Crippen LogP contribution is -2.17. The molecule has 10 rings (SSSR count). The summed E-state index contributed by atoms with van der Waals surface area (Å²) >= 11 is 0. The molecule has 0 heterocycles. The van der Waals surface area contributed by atoms with Crippen LogP contribution in [0.4, 0.5) is 11.4 Å². The molecule has 1 fully saturated rings. The number of allylic oxidation sites excluding steroid dienone is 11. The van der Waals surface area contributed by atoms with Gasteiger partial charge in [0.25, 0.3) is 0 Å². The Morgan fingerprint density at radius 1 is 0.553 bits per heavy atom. The highest BCUT2D eigenvalue weighted by atomic mass is 15.1. The average molecular weight is 995 g/mol. The van der Waals surface area contributed by atoms with Crippen LogP contribution in [0, 0.1) is 32.1 Å². The Labute approximate surface area is 457 Å². The van der Waals surface area contributed by atoms with Gasteiger partial charge in [-0.1, -0.05) is 273 Å². The Bertz CT molecular complexity index is 3110. The van der Waals surface area contributed by atoms with Crippen LogP contribution in [0.2, 0.25) is 0 Å². The van der Waals surface area contributed by atoms with Crippen molar-refractivity contribution in [2.45, 2.75) is 47.5 Å². The first kappa shape index (κ1) is 56.8. The summed E-state index contributed by atoms with van der Waals surface area (Å²) in [4.78, 5) is 4.38. The Hall–Kier alpha value is -8.46. The van der Waals surface area contributed by atoms with E-state index in [9.17, 15) is 0 Å². The smallest absolute Gasteiger partial charge is 0.0408 e. The van der Waals surface area contributed by atoms with E-state index < -0.39 is 0 Å². The number of anilines is 2. The number of hydrogen-bond donors (Lipinski definition) is 0. The maximum atomic E-state index is 4.10. The second-order valence-corrected chi connectivity index (χ2v) is 19.7. The van der Waals surface area contributed by atoms with Crippen molar-refractivity contribution < 1.29 is 0 Å². The average Bonchev–Trinajstić information content (AvgIpc) is 4.24. The predicted molar refractivity (Wildman–Crippen MR) is 334 cm³/mol. The van der Waals surface area contributed by atoms with Crippen LogP contribution in [0.1, 0.15) is 59.2 Å². The van der Waals surface area contributed by atoms with Gasteiger partial charge in [-0.25, -0.2) is 0 Å². The number of likely N-dealkylation sites (N-methyl/N-ethyl adjacent to an activating group) is 1. The van der Waals surface area contributed by atoms with Gasteiger partial charge < -0.3 is 9.80 Å². The quantitative estimate of drug-likeness (QED) is 0.113. The molecule has 384 valence electrons. The number of fused-ring (bicyclic) bond motifs is 1. The number of aryl methyl sites for hydroxylation is 3. The number of benzene rings is 8. The van der Waals surface area contributed by atoms with Crippen molar-refractivity contribution >= 4 is 22.5 Å². The Morgan fingerprint density at radius 2 is 0.987 bits per heavy atom. The maximum Gasteiger partial charge on any atom is 0.0408 e. The van der Waals surface area contributed by atoms with E-state index in [1.807, 2.05) is 93.8 Å². The molecule has 0 N–H and O–H groups in total. The minimum Gasteiger partial charge on any atom is -0.378 e. The van der Waals surface area contributed by atoms with E-state index in [-0.39, 0.29) is 5.41 Å². The summed E-state index contributed by atoms with van der Waals surface area (Å²) in [5.74, 6) is 0.624. The molecular formula is C74H78N2. The van der Waals surface area contributed by atoms with Crippen molar-refractivity contribution in [2.75, 3.05) is 30.9 Å². The van der Waals surface area contributed by atoms with Gasteiger partial charge >= 0.3 is 0 Å². The Balaban J connectivity index is 0.000000165. The van der Waals surface area contributed by atoms with E-state index >= 15 is 0 Å². The van der Waals surface area contributed by atoms with Crippen molar-refractivity contribution in [3.63, 3.8) is 0 Å². The molecule has 2 unspecified atom stereocenters. The fourth-order valence-corrected chi connectivity index (χ4v) is 8.76. The Morgan fingerprint density at radius 3 is 1.46 bits per heavy atom. The molecule has 1 saturated carbocycles. The summed E-state index contributed by atoms with van der Waals surface area (Å²) in [6.07, 6.45) is 19.6. The largest absolute Gasteiger partial charge is 0.378 e. The zero-order valence-electron chi connectivity index (χ0n) is 46.3. The lowest BCUT2D eigenvalue weighted by molar-refractivity contribution is 0.772. The zero-order chi connectivity index (χ0) is 54.1. The van der Waals surface area contributed by atoms with Gasteiger partial charge in [-0.3, -0.25) is 0 Å². The maximum absolute atomic E-state index is 4.10. The highest BCUT2D eigenvalue weighted by Gasteiger charge is 2.50. The van der Waals surface area contributed by atoms with Crippen molar-refractivity contribution in [1.82, 2.24) is 0 Å². The van der Waals surface area contributed by atoms with E-state index in [1.54, 1.807) is 6.08 Å². The van der Waals surface area contributed by atoms with Gasteiger partial charge in [0.1, 0.15) is 0 Å². The molecule has 0 aliphatic heterocycles. The summed E-state index contributed by atoms with van der Waals surface area (Å²) < 4.78 is 0. The lowest BCUT2D eigenvalue weighted by Gasteiger charge is -2.24. The first-order valence-corrected chi connectivity index (χ1v) is 26.5. The first-order chi connectivity index (χ1) is 36.9. The highest BCUT2D eigenvalue weighted by Crippen LogP contribution is 2.59. The predicted octanol–water partition coefficient (Wildman–Crippen LogP) is 19.4. The van der Waals surface area contributed by atoms with Gasteiger partial charge in [-0.15, -0.1) is 0 Å². The van der Waals surface area contributed by atoms with Gasteiger partial charge in [0, 0.05) is 43.6 Å². The third-order valence-corrected chi connectivity index (χ3v) is 13.5. The molecule has 0 saturated heterocycles. The van der Waals surface area contributed by atoms with Crippen LogP contribution in [0.5, 0.6) is 0 Å². The molecule has 0 bridgehead atoms. The van der Waals surface area contributed by atoms with E-state index in [1.165, 1.54) is 73.6 Å². The zero-order valence-corrected chi connectivity index (χ0v) is 46.3. The summed E-state index contributed by atoms with van der Waals surface area (Å²) in [6.45, 7) is 18.4. The Kier molecular flexibility index (Phi) is 22.0. The van der Waals surface area contributed by atoms with Crippen LogP contribution < -0.4 is 9.80 Å². The molecular weight excluding hydrogens is 917 g/mol. The third-order valence-electron chi connectivity index (χ3n) is 13.5. The standard InChI is InChI=1S/C24H25N.C20H18.C15H16.C9H13N.C6H6/c1-18-9-11-22(12-10-18)25(3)23-13-14-24(17-21(24)15-23)16-19(2)20-7-5-4-6-8-20;1-16-7-11-19(12-8-16)20-13-9-18(10-14-20)15-17-5-3-2-4-6-17;1-4-9-14(10-5-2)13(3)15-11-7-6-8-12-15;1-8-4-6-9(7-5-8)10(2)3;1-2-4-6-5-3-1/h4-16,21H,17H2,1-3H3;2-14H,15H2,1H3;4-12H,1,3H2,2H3;4-7H,1-3H3;1-6H/b19-16-;;10-5-,14-9+;;. The van der Waals surface area contributed by atoms with Crippen molar-refractivity contribution in [3.05, 3.63) is 336 Å². The van der Waals surface area contributed by atoms with E-state index in [0.717, 1.165) is 23.1 Å². The van der Waals surface area contributed by atoms with Gasteiger partial charge in [0.05, 0.1) is 0 Å². The van der Waals surface area contributed by atoms with Crippen LogP contribution in [-0.4, -0.2) is 21.1 Å². The second-order valence-electron chi connectivity index (χ2n) is 19.7. The summed E-state index contributed by atoms with van der Waals surface area (Å²) in [5, 5.41) is 0. The molecule has 2 aliphatic rings.